The van der Waals surface area contributed by atoms with Gasteiger partial charge in [0.25, 0.3) is 0 Å². The highest BCUT2D eigenvalue weighted by Gasteiger charge is 2.06. The summed E-state index contributed by atoms with van der Waals surface area (Å²) in [5.41, 5.74) is 2.04. The van der Waals surface area contributed by atoms with Crippen LogP contribution in [0.1, 0.15) is 18.9 Å². The molecule has 0 aliphatic carbocycles. The van der Waals surface area contributed by atoms with Gasteiger partial charge >= 0.3 is 6.03 Å². The van der Waals surface area contributed by atoms with Crippen molar-refractivity contribution < 1.29 is 9.53 Å². The number of para-hydroxylation sites is 1. The standard InChI is InChI=1S/C19H26N4O2/c1-3-25-18-16(9-7-12-20-18)15-22-19(24)21-13-8-14-23(2)17-10-5-4-6-11-17/h4-7,9-12H,3,8,13-15H2,1-2H3,(H2,21,22,24). The first-order valence-corrected chi connectivity index (χ1v) is 8.55. The maximum Gasteiger partial charge on any atom is 0.315 e. The third-order valence-corrected chi connectivity index (χ3v) is 3.72. The Morgan fingerprint density at radius 1 is 1.16 bits per heavy atom. The van der Waals surface area contributed by atoms with E-state index in [0.717, 1.165) is 18.5 Å². The number of aromatic nitrogens is 1. The zero-order valence-corrected chi connectivity index (χ0v) is 14.9. The average molecular weight is 342 g/mol. The number of carbonyl (C=O) groups is 1. The third kappa shape index (κ3) is 6.33. The number of rotatable bonds is 9. The molecule has 2 rings (SSSR count). The highest BCUT2D eigenvalue weighted by Crippen LogP contribution is 2.13. The number of amides is 2. The molecule has 6 nitrogen and oxygen atoms in total. The molecule has 0 fully saturated rings. The van der Waals surface area contributed by atoms with Crippen LogP contribution in [0.3, 0.4) is 0 Å². The summed E-state index contributed by atoms with van der Waals surface area (Å²) in [4.78, 5) is 18.2. The normalized spacial score (nSPS) is 10.2. The Morgan fingerprint density at radius 3 is 2.72 bits per heavy atom. The van der Waals surface area contributed by atoms with E-state index in [1.807, 2.05) is 44.3 Å². The summed E-state index contributed by atoms with van der Waals surface area (Å²) in [6.45, 7) is 4.34. The van der Waals surface area contributed by atoms with E-state index in [1.165, 1.54) is 5.69 Å². The molecule has 25 heavy (non-hydrogen) atoms. The summed E-state index contributed by atoms with van der Waals surface area (Å²) in [5.74, 6) is 0.565. The SMILES string of the molecule is CCOc1ncccc1CNC(=O)NCCCN(C)c1ccccc1. The molecule has 0 saturated heterocycles. The first-order chi connectivity index (χ1) is 12.2. The lowest BCUT2D eigenvalue weighted by Crippen LogP contribution is -2.36. The van der Waals surface area contributed by atoms with Crippen molar-refractivity contribution in [2.45, 2.75) is 19.9 Å². The van der Waals surface area contributed by atoms with Gasteiger partial charge in [0.15, 0.2) is 0 Å². The second kappa shape index (κ2) is 10.2. The predicted molar refractivity (Wildman–Crippen MR) is 100.0 cm³/mol. The smallest absolute Gasteiger partial charge is 0.315 e. The Bertz CT molecular complexity index is 649. The molecule has 0 aliphatic rings. The van der Waals surface area contributed by atoms with E-state index < -0.39 is 0 Å². The number of carbonyl (C=O) groups excluding carboxylic acids is 1. The first-order valence-electron chi connectivity index (χ1n) is 8.55. The van der Waals surface area contributed by atoms with Crippen LogP contribution in [0.15, 0.2) is 48.7 Å². The van der Waals surface area contributed by atoms with Crippen LogP contribution in [-0.4, -0.2) is 37.8 Å². The molecular formula is C19H26N4O2. The number of nitrogens with zero attached hydrogens (tertiary/aromatic N) is 2. The molecule has 2 N–H and O–H groups in total. The molecule has 2 aromatic rings. The summed E-state index contributed by atoms with van der Waals surface area (Å²) in [6.07, 6.45) is 2.55. The molecule has 1 aromatic heterocycles. The van der Waals surface area contributed by atoms with Crippen molar-refractivity contribution in [1.29, 1.82) is 0 Å². The molecular weight excluding hydrogens is 316 g/mol. The maximum atomic E-state index is 11.9. The summed E-state index contributed by atoms with van der Waals surface area (Å²) < 4.78 is 5.45. The van der Waals surface area contributed by atoms with E-state index in [0.29, 0.717) is 25.6 Å². The molecule has 0 saturated carbocycles. The lowest BCUT2D eigenvalue weighted by molar-refractivity contribution is 0.240. The molecule has 0 atom stereocenters. The number of hydrogen-bond donors (Lipinski definition) is 2. The Balaban J connectivity index is 1.66. The Hall–Kier alpha value is -2.76. The molecule has 1 aromatic carbocycles. The minimum absolute atomic E-state index is 0.186. The van der Waals surface area contributed by atoms with Gasteiger partial charge in [0.05, 0.1) is 6.61 Å². The zero-order chi connectivity index (χ0) is 17.9. The number of pyridine rings is 1. The second-order valence-electron chi connectivity index (χ2n) is 5.62. The van der Waals surface area contributed by atoms with Gasteiger partial charge < -0.3 is 20.3 Å². The van der Waals surface area contributed by atoms with Gasteiger partial charge in [-0.2, -0.15) is 0 Å². The van der Waals surface area contributed by atoms with Gasteiger partial charge in [-0.05, 0) is 31.5 Å². The first kappa shape index (κ1) is 18.6. The Labute approximate surface area is 149 Å². The quantitative estimate of drug-likeness (QED) is 0.688. The number of benzene rings is 1. The monoisotopic (exact) mass is 342 g/mol. The van der Waals surface area contributed by atoms with Crippen molar-refractivity contribution in [3.8, 4) is 5.88 Å². The van der Waals surface area contributed by atoms with Gasteiger partial charge in [0.1, 0.15) is 0 Å². The molecule has 0 unspecified atom stereocenters. The molecule has 0 aliphatic heterocycles. The molecule has 0 spiro atoms. The molecule has 0 bridgehead atoms. The van der Waals surface area contributed by atoms with Crippen LogP contribution >= 0.6 is 0 Å². The summed E-state index contributed by atoms with van der Waals surface area (Å²) in [6, 6.07) is 13.7. The lowest BCUT2D eigenvalue weighted by atomic mass is 10.2. The van der Waals surface area contributed by atoms with Crippen molar-refractivity contribution in [1.82, 2.24) is 15.6 Å². The minimum atomic E-state index is -0.186. The van der Waals surface area contributed by atoms with E-state index in [2.05, 4.69) is 32.7 Å². The number of nitrogens with one attached hydrogen (secondary N) is 2. The van der Waals surface area contributed by atoms with Crippen molar-refractivity contribution in [2.24, 2.45) is 0 Å². The van der Waals surface area contributed by atoms with Gasteiger partial charge in [-0.3, -0.25) is 0 Å². The summed E-state index contributed by atoms with van der Waals surface area (Å²) >= 11 is 0. The van der Waals surface area contributed by atoms with Crippen LogP contribution in [0.25, 0.3) is 0 Å². The van der Waals surface area contributed by atoms with E-state index in [4.69, 9.17) is 4.74 Å². The Kier molecular flexibility index (Phi) is 7.56. The van der Waals surface area contributed by atoms with Crippen molar-refractivity contribution in [2.75, 3.05) is 31.6 Å². The van der Waals surface area contributed by atoms with Crippen molar-refractivity contribution in [3.05, 3.63) is 54.2 Å². The number of anilines is 1. The van der Waals surface area contributed by atoms with Gasteiger partial charge in [-0.1, -0.05) is 24.3 Å². The van der Waals surface area contributed by atoms with E-state index in [9.17, 15) is 4.79 Å². The van der Waals surface area contributed by atoms with Gasteiger partial charge in [0, 0.05) is 44.1 Å². The van der Waals surface area contributed by atoms with E-state index in [1.54, 1.807) is 6.20 Å². The van der Waals surface area contributed by atoms with Crippen LogP contribution in [-0.2, 0) is 6.54 Å². The lowest BCUT2D eigenvalue weighted by Gasteiger charge is -2.19. The zero-order valence-electron chi connectivity index (χ0n) is 14.9. The van der Waals surface area contributed by atoms with Crippen LogP contribution in [0.5, 0.6) is 5.88 Å². The summed E-state index contributed by atoms with van der Waals surface area (Å²) in [7, 11) is 2.05. The van der Waals surface area contributed by atoms with Crippen LogP contribution < -0.4 is 20.3 Å². The fourth-order valence-corrected chi connectivity index (χ4v) is 2.39. The molecule has 1 heterocycles. The third-order valence-electron chi connectivity index (χ3n) is 3.72. The topological polar surface area (TPSA) is 66.5 Å². The maximum absolute atomic E-state index is 11.9. The molecule has 2 amide bonds. The van der Waals surface area contributed by atoms with Crippen molar-refractivity contribution in [3.63, 3.8) is 0 Å². The van der Waals surface area contributed by atoms with Gasteiger partial charge in [-0.25, -0.2) is 9.78 Å². The Morgan fingerprint density at radius 2 is 1.96 bits per heavy atom. The minimum Gasteiger partial charge on any atom is -0.478 e. The fraction of sp³-hybridized carbons (Fsp3) is 0.368. The number of ether oxygens (including phenoxy) is 1. The highest BCUT2D eigenvalue weighted by molar-refractivity contribution is 5.73. The number of hydrogen-bond acceptors (Lipinski definition) is 4. The van der Waals surface area contributed by atoms with Crippen molar-refractivity contribution >= 4 is 11.7 Å². The van der Waals surface area contributed by atoms with Crippen LogP contribution in [0, 0.1) is 0 Å². The molecule has 134 valence electrons. The average Bonchev–Trinajstić information content (AvgIpc) is 2.65. The van der Waals surface area contributed by atoms with Crippen LogP contribution in [0.4, 0.5) is 10.5 Å². The molecule has 6 heteroatoms. The van der Waals surface area contributed by atoms with Crippen LogP contribution in [0.2, 0.25) is 0 Å². The fourth-order valence-electron chi connectivity index (χ4n) is 2.39. The highest BCUT2D eigenvalue weighted by atomic mass is 16.5. The number of urea groups is 1. The van der Waals surface area contributed by atoms with Gasteiger partial charge in [0.2, 0.25) is 5.88 Å². The molecule has 0 radical (unpaired) electrons. The predicted octanol–water partition coefficient (Wildman–Crippen LogP) is 2.81. The second-order valence-corrected chi connectivity index (χ2v) is 5.62. The van der Waals surface area contributed by atoms with Gasteiger partial charge in [-0.15, -0.1) is 0 Å². The summed E-state index contributed by atoms with van der Waals surface area (Å²) in [5, 5.41) is 5.71. The van der Waals surface area contributed by atoms with E-state index in [-0.39, 0.29) is 6.03 Å². The van der Waals surface area contributed by atoms with E-state index >= 15 is 0 Å². The largest absolute Gasteiger partial charge is 0.478 e.